The Morgan fingerprint density at radius 1 is 1.26 bits per heavy atom. The lowest BCUT2D eigenvalue weighted by Gasteiger charge is -2.13. The summed E-state index contributed by atoms with van der Waals surface area (Å²) in [6.07, 6.45) is 0.858. The molecule has 9 heteroatoms. The molecule has 0 atom stereocenters. The average molecular weight is 490 g/mol. The summed E-state index contributed by atoms with van der Waals surface area (Å²) in [5.41, 5.74) is 0.553. The van der Waals surface area contributed by atoms with Crippen LogP contribution in [-0.4, -0.2) is 40.5 Å². The molecule has 0 aliphatic carbocycles. The van der Waals surface area contributed by atoms with Crippen molar-refractivity contribution in [3.63, 3.8) is 0 Å². The normalized spacial score (nSPS) is 11.2. The third-order valence-electron chi connectivity index (χ3n) is 3.92. The first-order valence-electron chi connectivity index (χ1n) is 8.80. The fraction of sp³-hybridized carbons (Fsp3) is 0.500. The highest BCUT2D eigenvalue weighted by molar-refractivity contribution is 14.0. The number of nitrogens with one attached hydrogen (secondary N) is 2. The fourth-order valence-electron chi connectivity index (χ4n) is 2.26. The number of ether oxygens (including phenoxy) is 1. The summed E-state index contributed by atoms with van der Waals surface area (Å²) in [6, 6.07) is 6.65. The molecule has 0 bridgehead atoms. The van der Waals surface area contributed by atoms with Crippen LogP contribution in [0.5, 0.6) is 0 Å². The van der Waals surface area contributed by atoms with Crippen LogP contribution in [0.15, 0.2) is 29.3 Å². The summed E-state index contributed by atoms with van der Waals surface area (Å²) in [5.74, 6) is 2.00. The van der Waals surface area contributed by atoms with E-state index in [9.17, 15) is 4.39 Å². The second-order valence-electron chi connectivity index (χ2n) is 5.81. The predicted molar refractivity (Wildman–Crippen MR) is 115 cm³/mol. The van der Waals surface area contributed by atoms with E-state index in [4.69, 9.17) is 4.74 Å². The van der Waals surface area contributed by atoms with Gasteiger partial charge in [0.05, 0.1) is 13.1 Å². The van der Waals surface area contributed by atoms with Gasteiger partial charge >= 0.3 is 0 Å². The number of halogens is 2. The smallest absolute Gasteiger partial charge is 0.191 e. The number of aromatic nitrogens is 3. The van der Waals surface area contributed by atoms with Gasteiger partial charge in [-0.1, -0.05) is 18.2 Å². The molecule has 1 heterocycles. The minimum absolute atomic E-state index is 0. The van der Waals surface area contributed by atoms with E-state index in [1.807, 2.05) is 25.5 Å². The molecule has 0 amide bonds. The Morgan fingerprint density at radius 2 is 2.04 bits per heavy atom. The predicted octanol–water partition coefficient (Wildman–Crippen LogP) is 2.54. The second kappa shape index (κ2) is 12.6. The first-order chi connectivity index (χ1) is 12.6. The number of guanidine groups is 1. The van der Waals surface area contributed by atoms with Gasteiger partial charge in [0, 0.05) is 32.4 Å². The molecule has 150 valence electrons. The van der Waals surface area contributed by atoms with E-state index in [0.29, 0.717) is 37.8 Å². The Hall–Kier alpha value is -1.75. The van der Waals surface area contributed by atoms with Gasteiger partial charge in [0.1, 0.15) is 11.6 Å². The molecule has 0 aliphatic heterocycles. The van der Waals surface area contributed by atoms with E-state index in [2.05, 4.69) is 25.8 Å². The summed E-state index contributed by atoms with van der Waals surface area (Å²) >= 11 is 0. The van der Waals surface area contributed by atoms with E-state index >= 15 is 0 Å². The summed E-state index contributed by atoms with van der Waals surface area (Å²) in [7, 11) is 1.91. The lowest BCUT2D eigenvalue weighted by atomic mass is 10.2. The van der Waals surface area contributed by atoms with Crippen molar-refractivity contribution in [2.45, 2.75) is 33.4 Å². The molecule has 0 radical (unpaired) electrons. The SMILES string of the molecule is CCOCCCNC(=NCc1ccccc1F)NCc1nnc(C)n1C.I. The minimum Gasteiger partial charge on any atom is -0.382 e. The highest BCUT2D eigenvalue weighted by Crippen LogP contribution is 2.07. The number of nitrogens with zero attached hydrogens (tertiary/aromatic N) is 4. The second-order valence-corrected chi connectivity index (χ2v) is 5.81. The van der Waals surface area contributed by atoms with Crippen LogP contribution in [0.1, 0.15) is 30.6 Å². The van der Waals surface area contributed by atoms with E-state index < -0.39 is 0 Å². The van der Waals surface area contributed by atoms with Crippen molar-refractivity contribution in [2.24, 2.45) is 12.0 Å². The Bertz CT molecular complexity index is 722. The first kappa shape index (κ1) is 23.3. The molecule has 0 saturated carbocycles. The minimum atomic E-state index is -0.254. The molecule has 27 heavy (non-hydrogen) atoms. The highest BCUT2D eigenvalue weighted by atomic mass is 127. The van der Waals surface area contributed by atoms with Crippen molar-refractivity contribution < 1.29 is 9.13 Å². The monoisotopic (exact) mass is 490 g/mol. The van der Waals surface area contributed by atoms with Gasteiger partial charge in [-0.15, -0.1) is 34.2 Å². The summed E-state index contributed by atoms with van der Waals surface area (Å²) in [6.45, 7) is 6.71. The topological polar surface area (TPSA) is 76.4 Å². The van der Waals surface area contributed by atoms with Crippen LogP contribution < -0.4 is 10.6 Å². The molecular formula is C18H28FIN6O. The zero-order valence-corrected chi connectivity index (χ0v) is 18.4. The van der Waals surface area contributed by atoms with Crippen molar-refractivity contribution in [3.8, 4) is 0 Å². The van der Waals surface area contributed by atoms with Gasteiger partial charge in [-0.05, 0) is 26.3 Å². The zero-order chi connectivity index (χ0) is 18.8. The maximum absolute atomic E-state index is 13.8. The van der Waals surface area contributed by atoms with Crippen molar-refractivity contribution in [1.82, 2.24) is 25.4 Å². The van der Waals surface area contributed by atoms with Gasteiger partial charge in [-0.25, -0.2) is 9.38 Å². The first-order valence-corrected chi connectivity index (χ1v) is 8.80. The van der Waals surface area contributed by atoms with Crippen molar-refractivity contribution in [2.75, 3.05) is 19.8 Å². The molecule has 1 aromatic carbocycles. The number of aryl methyl sites for hydroxylation is 1. The molecule has 2 aromatic rings. The van der Waals surface area contributed by atoms with Gasteiger partial charge in [-0.3, -0.25) is 0 Å². The number of hydrogen-bond donors (Lipinski definition) is 2. The van der Waals surface area contributed by atoms with Gasteiger partial charge in [0.15, 0.2) is 11.8 Å². The summed E-state index contributed by atoms with van der Waals surface area (Å²) in [5, 5.41) is 14.6. The van der Waals surface area contributed by atoms with Crippen LogP contribution in [0, 0.1) is 12.7 Å². The third kappa shape index (κ3) is 7.79. The largest absolute Gasteiger partial charge is 0.382 e. The van der Waals surface area contributed by atoms with Crippen LogP contribution in [0.3, 0.4) is 0 Å². The van der Waals surface area contributed by atoms with Crippen molar-refractivity contribution in [1.29, 1.82) is 0 Å². The van der Waals surface area contributed by atoms with Gasteiger partial charge in [-0.2, -0.15) is 0 Å². The Kier molecular flexibility index (Phi) is 10.9. The van der Waals surface area contributed by atoms with E-state index in [1.54, 1.807) is 18.2 Å². The van der Waals surface area contributed by atoms with Crippen LogP contribution in [0.2, 0.25) is 0 Å². The molecule has 7 nitrogen and oxygen atoms in total. The summed E-state index contributed by atoms with van der Waals surface area (Å²) in [4.78, 5) is 4.48. The molecule has 0 aliphatic rings. The molecule has 0 saturated heterocycles. The molecular weight excluding hydrogens is 462 g/mol. The van der Waals surface area contributed by atoms with Crippen LogP contribution in [0.4, 0.5) is 4.39 Å². The number of aliphatic imine (C=N–C) groups is 1. The lowest BCUT2D eigenvalue weighted by Crippen LogP contribution is -2.38. The maximum atomic E-state index is 13.8. The van der Waals surface area contributed by atoms with Gasteiger partial charge in [0.2, 0.25) is 0 Å². The van der Waals surface area contributed by atoms with Crippen LogP contribution >= 0.6 is 24.0 Å². The molecule has 0 spiro atoms. The van der Waals surface area contributed by atoms with E-state index in [-0.39, 0.29) is 36.3 Å². The molecule has 2 rings (SSSR count). The van der Waals surface area contributed by atoms with E-state index in [0.717, 1.165) is 18.1 Å². The molecule has 1 aromatic heterocycles. The van der Waals surface area contributed by atoms with Crippen molar-refractivity contribution in [3.05, 3.63) is 47.3 Å². The van der Waals surface area contributed by atoms with Crippen LogP contribution in [0.25, 0.3) is 0 Å². The Morgan fingerprint density at radius 3 is 2.70 bits per heavy atom. The third-order valence-corrected chi connectivity index (χ3v) is 3.92. The highest BCUT2D eigenvalue weighted by Gasteiger charge is 2.07. The lowest BCUT2D eigenvalue weighted by molar-refractivity contribution is 0.145. The van der Waals surface area contributed by atoms with Crippen molar-refractivity contribution >= 4 is 29.9 Å². The molecule has 0 unspecified atom stereocenters. The quantitative estimate of drug-likeness (QED) is 0.245. The number of hydrogen-bond acceptors (Lipinski definition) is 4. The maximum Gasteiger partial charge on any atom is 0.191 e. The van der Waals surface area contributed by atoms with Gasteiger partial charge < -0.3 is 19.9 Å². The van der Waals surface area contributed by atoms with Gasteiger partial charge in [0.25, 0.3) is 0 Å². The van der Waals surface area contributed by atoms with E-state index in [1.165, 1.54) is 6.07 Å². The fourth-order valence-corrected chi connectivity index (χ4v) is 2.26. The van der Waals surface area contributed by atoms with Crippen LogP contribution in [-0.2, 0) is 24.9 Å². The zero-order valence-electron chi connectivity index (χ0n) is 16.0. The number of benzene rings is 1. The average Bonchev–Trinajstić information content (AvgIpc) is 2.96. The molecule has 0 fully saturated rings. The molecule has 2 N–H and O–H groups in total. The summed E-state index contributed by atoms with van der Waals surface area (Å²) < 4.78 is 21.0. The Balaban J connectivity index is 0.00000364. The standard InChI is InChI=1S/C18H27FN6O.HI/c1-4-26-11-7-10-20-18(21-12-15-8-5-6-9-16(15)19)22-13-17-24-23-14(2)25(17)3;/h5-6,8-9H,4,7,10-13H2,1-3H3,(H2,20,21,22);1H. The Labute approximate surface area is 176 Å². The number of rotatable bonds is 9.